The first-order valence-electron chi connectivity index (χ1n) is 8.61. The second-order valence-electron chi connectivity index (χ2n) is 6.58. The average Bonchev–Trinajstić information content (AvgIpc) is 3.04. The first kappa shape index (κ1) is 21.8. The molecule has 160 valence electrons. The standard InChI is InChI=1S/C17H17ClF5N3O2S/c1-10-8-24-26(15(10)16(19)20)12-3-2-6-25(9-12)13-7-11(18)4-5-14(13)28-29(27)17(21,22)23/h4-5,7-8,12,16H,2-3,6,9H2,1H3. The van der Waals surface area contributed by atoms with Gasteiger partial charge in [0.25, 0.3) is 6.43 Å². The van der Waals surface area contributed by atoms with Crippen LogP contribution < -0.4 is 9.08 Å². The van der Waals surface area contributed by atoms with Crippen LogP contribution in [0.25, 0.3) is 0 Å². The van der Waals surface area contributed by atoms with Crippen molar-refractivity contribution in [2.75, 3.05) is 18.0 Å². The number of hydrogen-bond donors (Lipinski definition) is 0. The van der Waals surface area contributed by atoms with E-state index in [1.165, 1.54) is 29.1 Å². The summed E-state index contributed by atoms with van der Waals surface area (Å²) in [7, 11) is 0. The molecule has 2 aromatic rings. The molecule has 2 unspecified atom stereocenters. The van der Waals surface area contributed by atoms with E-state index < -0.39 is 29.1 Å². The van der Waals surface area contributed by atoms with Gasteiger partial charge >= 0.3 is 16.6 Å². The van der Waals surface area contributed by atoms with Gasteiger partial charge in [0, 0.05) is 18.1 Å². The number of rotatable bonds is 5. The Balaban J connectivity index is 1.89. The molecular weight excluding hydrogens is 441 g/mol. The Morgan fingerprint density at radius 2 is 2.07 bits per heavy atom. The minimum Gasteiger partial charge on any atom is -0.392 e. The Kier molecular flexibility index (Phi) is 6.37. The van der Waals surface area contributed by atoms with Gasteiger partial charge in [-0.15, -0.1) is 0 Å². The Bertz CT molecular complexity index is 906. The number of benzene rings is 1. The van der Waals surface area contributed by atoms with E-state index >= 15 is 0 Å². The van der Waals surface area contributed by atoms with Crippen LogP contribution in [0, 0.1) is 6.92 Å². The van der Waals surface area contributed by atoms with Gasteiger partial charge in [0.15, 0.2) is 5.75 Å². The molecule has 0 N–H and O–H groups in total. The van der Waals surface area contributed by atoms with Crippen LogP contribution in [-0.2, 0) is 11.1 Å². The largest absolute Gasteiger partial charge is 0.508 e. The Labute approximate surface area is 171 Å². The van der Waals surface area contributed by atoms with Crippen molar-refractivity contribution < 1.29 is 30.3 Å². The van der Waals surface area contributed by atoms with Crippen molar-refractivity contribution in [3.8, 4) is 5.75 Å². The number of aryl methyl sites for hydroxylation is 1. The number of aromatic nitrogens is 2. The van der Waals surface area contributed by atoms with E-state index in [9.17, 15) is 26.2 Å². The lowest BCUT2D eigenvalue weighted by atomic mass is 10.0. The monoisotopic (exact) mass is 457 g/mol. The van der Waals surface area contributed by atoms with Crippen molar-refractivity contribution in [1.82, 2.24) is 9.78 Å². The fourth-order valence-electron chi connectivity index (χ4n) is 3.33. The smallest absolute Gasteiger partial charge is 0.392 e. The molecule has 1 aromatic carbocycles. The highest BCUT2D eigenvalue weighted by Crippen LogP contribution is 2.38. The molecule has 1 aliphatic rings. The van der Waals surface area contributed by atoms with Crippen molar-refractivity contribution in [1.29, 1.82) is 0 Å². The average molecular weight is 458 g/mol. The van der Waals surface area contributed by atoms with Crippen LogP contribution in [0.15, 0.2) is 24.4 Å². The summed E-state index contributed by atoms with van der Waals surface area (Å²) in [5, 5.41) is 4.31. The minimum absolute atomic E-state index is 0.183. The zero-order valence-corrected chi connectivity index (χ0v) is 16.7. The summed E-state index contributed by atoms with van der Waals surface area (Å²) in [5.41, 5.74) is -4.65. The molecule has 1 saturated heterocycles. The molecule has 0 spiro atoms. The van der Waals surface area contributed by atoms with Crippen molar-refractivity contribution >= 4 is 28.4 Å². The van der Waals surface area contributed by atoms with E-state index in [1.54, 1.807) is 11.8 Å². The third-order valence-electron chi connectivity index (χ3n) is 4.59. The number of nitrogens with zero attached hydrogens (tertiary/aromatic N) is 3. The van der Waals surface area contributed by atoms with Crippen molar-refractivity contribution in [3.05, 3.63) is 40.7 Å². The van der Waals surface area contributed by atoms with Crippen LogP contribution in [0.5, 0.6) is 5.75 Å². The van der Waals surface area contributed by atoms with E-state index in [2.05, 4.69) is 9.28 Å². The molecule has 29 heavy (non-hydrogen) atoms. The van der Waals surface area contributed by atoms with Gasteiger partial charge in [-0.25, -0.2) is 13.0 Å². The zero-order chi connectivity index (χ0) is 21.3. The van der Waals surface area contributed by atoms with Crippen LogP contribution in [0.3, 0.4) is 0 Å². The topological polar surface area (TPSA) is 47.4 Å². The highest BCUT2D eigenvalue weighted by Gasteiger charge is 2.40. The second-order valence-corrected chi connectivity index (χ2v) is 8.11. The Morgan fingerprint density at radius 1 is 1.34 bits per heavy atom. The molecule has 1 aromatic heterocycles. The summed E-state index contributed by atoms with van der Waals surface area (Å²) < 4.78 is 82.0. The molecule has 0 amide bonds. The molecule has 5 nitrogen and oxygen atoms in total. The number of piperidine rings is 1. The predicted octanol–water partition coefficient (Wildman–Crippen LogP) is 5.19. The molecule has 1 fully saturated rings. The Morgan fingerprint density at radius 3 is 2.72 bits per heavy atom. The molecule has 12 heteroatoms. The molecule has 2 atom stereocenters. The van der Waals surface area contributed by atoms with Gasteiger partial charge in [0.2, 0.25) is 0 Å². The molecule has 0 saturated carbocycles. The Hall–Kier alpha value is -1.88. The number of alkyl halides is 5. The van der Waals surface area contributed by atoms with Gasteiger partial charge in [0.05, 0.1) is 17.9 Å². The predicted molar refractivity (Wildman–Crippen MR) is 98.7 cm³/mol. The first-order chi connectivity index (χ1) is 13.6. The van der Waals surface area contributed by atoms with Crippen molar-refractivity contribution in [3.63, 3.8) is 0 Å². The van der Waals surface area contributed by atoms with E-state index in [0.717, 1.165) is 0 Å². The summed E-state index contributed by atoms with van der Waals surface area (Å²) in [6, 6.07) is 3.51. The van der Waals surface area contributed by atoms with Gasteiger partial charge in [-0.05, 0) is 43.5 Å². The first-order valence-corrected chi connectivity index (χ1v) is 10.1. The highest BCUT2D eigenvalue weighted by molar-refractivity contribution is 7.81. The third kappa shape index (κ3) is 4.82. The third-order valence-corrected chi connectivity index (χ3v) is 5.54. The summed E-state index contributed by atoms with van der Waals surface area (Å²) in [6.45, 7) is 2.19. The molecule has 0 bridgehead atoms. The normalized spacial score (nSPS) is 18.9. The molecule has 1 aliphatic heterocycles. The maximum absolute atomic E-state index is 13.4. The summed E-state index contributed by atoms with van der Waals surface area (Å²) >= 11 is 2.44. The van der Waals surface area contributed by atoms with Crippen LogP contribution >= 0.6 is 11.6 Å². The van der Waals surface area contributed by atoms with Crippen molar-refractivity contribution in [2.45, 2.75) is 37.7 Å². The van der Waals surface area contributed by atoms with E-state index in [4.69, 9.17) is 11.6 Å². The number of halogens is 6. The number of hydrogen-bond acceptors (Lipinski definition) is 4. The SMILES string of the molecule is Cc1cnn(C2CCCN(c3cc(Cl)ccc3OS(=O)C(F)(F)F)C2)c1C(F)F. The lowest BCUT2D eigenvalue weighted by Gasteiger charge is -2.35. The molecular formula is C17H17ClF5N3O2S. The van der Waals surface area contributed by atoms with E-state index in [1.807, 2.05) is 0 Å². The molecule has 0 aliphatic carbocycles. The molecule has 2 heterocycles. The second kappa shape index (κ2) is 8.47. The van der Waals surface area contributed by atoms with E-state index in [0.29, 0.717) is 24.9 Å². The lowest BCUT2D eigenvalue weighted by Crippen LogP contribution is -2.38. The summed E-state index contributed by atoms with van der Waals surface area (Å²) in [4.78, 5) is 1.68. The number of anilines is 1. The maximum atomic E-state index is 13.4. The molecule has 3 rings (SSSR count). The minimum atomic E-state index is -5.04. The fraction of sp³-hybridized carbons (Fsp3) is 0.471. The van der Waals surface area contributed by atoms with Crippen molar-refractivity contribution in [2.24, 2.45) is 0 Å². The summed E-state index contributed by atoms with van der Waals surface area (Å²) in [5.74, 6) is -0.253. The molecule has 0 radical (unpaired) electrons. The lowest BCUT2D eigenvalue weighted by molar-refractivity contribution is -0.0437. The van der Waals surface area contributed by atoms with Gasteiger partial charge in [-0.1, -0.05) is 11.6 Å². The van der Waals surface area contributed by atoms with Gasteiger partial charge < -0.3 is 9.08 Å². The van der Waals surface area contributed by atoms with Gasteiger partial charge in [-0.2, -0.15) is 18.3 Å². The summed E-state index contributed by atoms with van der Waals surface area (Å²) in [6.07, 6.45) is -0.184. The fourth-order valence-corrected chi connectivity index (χ4v) is 3.90. The quantitative estimate of drug-likeness (QED) is 0.580. The van der Waals surface area contributed by atoms with Crippen LogP contribution in [-0.4, -0.2) is 32.6 Å². The zero-order valence-electron chi connectivity index (χ0n) is 15.1. The van der Waals surface area contributed by atoms with Gasteiger partial charge in [0.1, 0.15) is 5.69 Å². The highest BCUT2D eigenvalue weighted by atomic mass is 35.5. The van der Waals surface area contributed by atoms with Gasteiger partial charge in [-0.3, -0.25) is 4.68 Å². The maximum Gasteiger partial charge on any atom is 0.508 e. The van der Waals surface area contributed by atoms with Crippen LogP contribution in [0.2, 0.25) is 5.02 Å². The van der Waals surface area contributed by atoms with Crippen LogP contribution in [0.4, 0.5) is 27.6 Å². The van der Waals surface area contributed by atoms with E-state index in [-0.39, 0.29) is 28.7 Å². The van der Waals surface area contributed by atoms with Crippen LogP contribution in [0.1, 0.15) is 36.6 Å².